The lowest BCUT2D eigenvalue weighted by molar-refractivity contribution is -0.129. The van der Waals surface area contributed by atoms with Crippen molar-refractivity contribution in [2.75, 3.05) is 5.32 Å². The third-order valence-electron chi connectivity index (χ3n) is 11.9. The molecule has 3 N–H and O–H groups in total. The Labute approximate surface area is 324 Å². The Hall–Kier alpha value is -6.16. The molecule has 7 heterocycles. The smallest absolute Gasteiger partial charge is 0.249 e. The number of rotatable bonds is 7. The predicted molar refractivity (Wildman–Crippen MR) is 214 cm³/mol. The van der Waals surface area contributed by atoms with Gasteiger partial charge in [0.25, 0.3) is 0 Å². The molecule has 10 rings (SSSR count). The van der Waals surface area contributed by atoms with Crippen molar-refractivity contribution in [3.63, 3.8) is 0 Å². The Morgan fingerprint density at radius 2 is 1.84 bits per heavy atom. The summed E-state index contributed by atoms with van der Waals surface area (Å²) >= 11 is 0. The highest BCUT2D eigenvalue weighted by Gasteiger charge is 2.61. The maximum atomic E-state index is 14.4. The summed E-state index contributed by atoms with van der Waals surface area (Å²) in [6, 6.07) is 18.1. The number of nitrogens with zero attached hydrogens (tertiary/aromatic N) is 2. The van der Waals surface area contributed by atoms with Gasteiger partial charge in [-0.15, -0.1) is 0 Å². The number of benzene rings is 3. The van der Waals surface area contributed by atoms with Crippen LogP contribution in [0, 0.1) is 11.8 Å². The Kier molecular flexibility index (Phi) is 7.78. The fraction of sp³-hybridized carbons (Fsp3) is 0.304. The molecule has 4 aliphatic heterocycles. The number of carbonyl (C=O) groups is 2. The molecule has 1 amide bonds. The molecule has 0 fully saturated rings. The third-order valence-corrected chi connectivity index (χ3v) is 11.9. The average molecular weight is 746 g/mol. The molecular weight excluding hydrogens is 703 g/mol. The van der Waals surface area contributed by atoms with Crippen molar-refractivity contribution in [3.05, 3.63) is 119 Å². The minimum Gasteiger partial charge on any atom is -0.469 e. The summed E-state index contributed by atoms with van der Waals surface area (Å²) in [6.07, 6.45) is 9.06. The van der Waals surface area contributed by atoms with E-state index in [-0.39, 0.29) is 24.0 Å². The first kappa shape index (κ1) is 34.3. The summed E-state index contributed by atoms with van der Waals surface area (Å²) in [5.41, 5.74) is 9.31. The first-order chi connectivity index (χ1) is 27.1. The third kappa shape index (κ3) is 5.14. The Balaban J connectivity index is 1.19. The number of aromatic amines is 1. The van der Waals surface area contributed by atoms with Gasteiger partial charge in [-0.25, -0.2) is 9.97 Å². The normalized spacial score (nSPS) is 21.4. The molecule has 0 saturated heterocycles. The zero-order valence-corrected chi connectivity index (χ0v) is 32.1. The molecule has 3 aromatic heterocycles. The van der Waals surface area contributed by atoms with E-state index in [2.05, 4.69) is 78.0 Å². The number of anilines is 1. The van der Waals surface area contributed by atoms with Gasteiger partial charge < -0.3 is 29.2 Å². The fourth-order valence-corrected chi connectivity index (χ4v) is 9.21. The number of H-pyrrole nitrogens is 1. The lowest BCUT2D eigenvalue weighted by Crippen LogP contribution is -2.40. The van der Waals surface area contributed by atoms with Crippen molar-refractivity contribution >= 4 is 28.3 Å². The lowest BCUT2D eigenvalue weighted by atomic mass is 9.72. The van der Waals surface area contributed by atoms with E-state index in [0.29, 0.717) is 41.2 Å². The number of oxazole rings is 2. The standard InChI is InChI=1S/C46H43N5O5/c1-23(2)9-6-10-25(5)17-28(52)20-27-18-26-15-16-35-33(19-26)46-32-13-7-12-30(39(32)51-45(46)55-35)29-11-8-14-34-37(29)31(21-47-34)36-22-48-43(54-36)40-41(46)56-44(50-40)38(24(3)4)49-42(27)53/h7-9,11-17,19,21-22,24,27,38,45,47,51H,6,10,18,20H2,1-5H3,(H,49,53)/b25-17+/t27-,38+,45+,46?/m1/s1. The molecule has 0 saturated carbocycles. The van der Waals surface area contributed by atoms with Crippen molar-refractivity contribution in [2.45, 2.75) is 78.0 Å². The summed E-state index contributed by atoms with van der Waals surface area (Å²) < 4.78 is 20.6. The zero-order valence-electron chi connectivity index (χ0n) is 32.1. The first-order valence-electron chi connectivity index (χ1n) is 19.5. The number of hydrogen-bond donors (Lipinski definition) is 3. The fourth-order valence-electron chi connectivity index (χ4n) is 9.21. The van der Waals surface area contributed by atoms with Crippen LogP contribution in [0.3, 0.4) is 0 Å². The number of para-hydroxylation sites is 1. The molecule has 3 aromatic carbocycles. The Morgan fingerprint density at radius 3 is 2.68 bits per heavy atom. The number of hydrogen-bond acceptors (Lipinski definition) is 8. The molecule has 10 heteroatoms. The van der Waals surface area contributed by atoms with E-state index >= 15 is 0 Å². The van der Waals surface area contributed by atoms with Crippen LogP contribution >= 0.6 is 0 Å². The van der Waals surface area contributed by atoms with Gasteiger partial charge in [-0.2, -0.15) is 0 Å². The molecule has 282 valence electrons. The molecular formula is C46H43N5O5. The monoisotopic (exact) mass is 745 g/mol. The van der Waals surface area contributed by atoms with Crippen LogP contribution in [0.25, 0.3) is 44.9 Å². The summed E-state index contributed by atoms with van der Waals surface area (Å²) in [7, 11) is 0. The molecule has 10 bridgehead atoms. The number of amides is 1. The number of carbonyl (C=O) groups excluding carboxylic acids is 2. The molecule has 6 aromatic rings. The van der Waals surface area contributed by atoms with E-state index in [1.165, 1.54) is 5.57 Å². The number of ketones is 1. The molecule has 0 radical (unpaired) electrons. The van der Waals surface area contributed by atoms with Gasteiger partial charge in [0.2, 0.25) is 17.7 Å². The van der Waals surface area contributed by atoms with E-state index in [1.54, 1.807) is 12.3 Å². The second kappa shape index (κ2) is 12.7. The highest BCUT2D eigenvalue weighted by atomic mass is 16.5. The number of ether oxygens (including phenoxy) is 1. The Morgan fingerprint density at radius 1 is 1.00 bits per heavy atom. The second-order valence-corrected chi connectivity index (χ2v) is 16.3. The van der Waals surface area contributed by atoms with Crippen LogP contribution in [0.15, 0.2) is 99.1 Å². The van der Waals surface area contributed by atoms with E-state index in [9.17, 15) is 9.59 Å². The maximum absolute atomic E-state index is 14.4. The minimum atomic E-state index is -1.01. The quantitative estimate of drug-likeness (QED) is 0.109. The first-order valence-corrected chi connectivity index (χ1v) is 19.5. The summed E-state index contributed by atoms with van der Waals surface area (Å²) in [4.78, 5) is 41.5. The second-order valence-electron chi connectivity index (χ2n) is 16.3. The van der Waals surface area contributed by atoms with Crippen LogP contribution in [-0.2, 0) is 21.4 Å². The van der Waals surface area contributed by atoms with Gasteiger partial charge in [0.1, 0.15) is 17.2 Å². The molecule has 0 aliphatic carbocycles. The summed E-state index contributed by atoms with van der Waals surface area (Å²) in [5, 5.41) is 8.10. The van der Waals surface area contributed by atoms with Crippen molar-refractivity contribution in [2.24, 2.45) is 11.8 Å². The molecule has 1 unspecified atom stereocenters. The van der Waals surface area contributed by atoms with Gasteiger partial charge in [-0.05, 0) is 75.3 Å². The molecule has 56 heavy (non-hydrogen) atoms. The van der Waals surface area contributed by atoms with Gasteiger partial charge in [0.15, 0.2) is 29.2 Å². The summed E-state index contributed by atoms with van der Waals surface area (Å²) in [6.45, 7) is 10.2. The molecule has 4 atom stereocenters. The minimum absolute atomic E-state index is 0.0679. The van der Waals surface area contributed by atoms with Crippen LogP contribution in [-0.4, -0.2) is 32.9 Å². The number of aromatic nitrogens is 3. The van der Waals surface area contributed by atoms with Crippen LogP contribution in [0.5, 0.6) is 5.75 Å². The predicted octanol–water partition coefficient (Wildman–Crippen LogP) is 9.57. The van der Waals surface area contributed by atoms with E-state index in [1.807, 2.05) is 39.1 Å². The topological polar surface area (TPSA) is 135 Å². The highest BCUT2D eigenvalue weighted by Crippen LogP contribution is 2.61. The van der Waals surface area contributed by atoms with Gasteiger partial charge in [-0.1, -0.05) is 73.5 Å². The number of allylic oxidation sites excluding steroid dienone is 4. The van der Waals surface area contributed by atoms with Gasteiger partial charge in [0, 0.05) is 57.4 Å². The Bertz CT molecular complexity index is 2670. The number of fused-ring (bicyclic) bond motifs is 7. The van der Waals surface area contributed by atoms with E-state index in [0.717, 1.165) is 68.4 Å². The van der Waals surface area contributed by atoms with Gasteiger partial charge >= 0.3 is 0 Å². The molecule has 1 spiro atoms. The van der Waals surface area contributed by atoms with E-state index < -0.39 is 23.6 Å². The average Bonchev–Trinajstić information content (AvgIpc) is 3.99. The van der Waals surface area contributed by atoms with Crippen LogP contribution in [0.1, 0.15) is 88.3 Å². The highest BCUT2D eigenvalue weighted by molar-refractivity contribution is 6.07. The van der Waals surface area contributed by atoms with Crippen molar-refractivity contribution < 1.29 is 23.2 Å². The van der Waals surface area contributed by atoms with Crippen molar-refractivity contribution in [1.29, 1.82) is 0 Å². The maximum Gasteiger partial charge on any atom is 0.249 e. The van der Waals surface area contributed by atoms with Crippen molar-refractivity contribution in [3.8, 4) is 39.8 Å². The zero-order chi connectivity index (χ0) is 38.5. The van der Waals surface area contributed by atoms with Gasteiger partial charge in [-0.3, -0.25) is 9.59 Å². The number of nitrogens with one attached hydrogen (secondary N) is 3. The lowest BCUT2D eigenvalue weighted by Gasteiger charge is -2.28. The van der Waals surface area contributed by atoms with Crippen LogP contribution in [0.2, 0.25) is 0 Å². The van der Waals surface area contributed by atoms with Crippen LogP contribution in [0.4, 0.5) is 5.69 Å². The molecule has 10 nitrogen and oxygen atoms in total. The van der Waals surface area contributed by atoms with Crippen molar-refractivity contribution in [1.82, 2.24) is 20.3 Å². The summed E-state index contributed by atoms with van der Waals surface area (Å²) in [5.74, 6) is 1.42. The van der Waals surface area contributed by atoms with Crippen LogP contribution < -0.4 is 15.4 Å². The SMILES string of the molecule is CC(C)=CCC/C(C)=C/C(=O)C[C@H]1Cc2ccc3c(c2)C24c5cccc(c5N[C@H]2O3)-c2cccc3[nH]cc(c23)-c2cnc(o2)-c2nc(oc24)[C@H](C(C)C)NC1=O. The van der Waals surface area contributed by atoms with E-state index in [4.69, 9.17) is 23.5 Å². The largest absolute Gasteiger partial charge is 0.469 e. The molecule has 4 aliphatic rings. The van der Waals surface area contributed by atoms with Gasteiger partial charge in [0.05, 0.1) is 6.20 Å².